The highest BCUT2D eigenvalue weighted by atomic mass is 32.2. The van der Waals surface area contributed by atoms with Crippen molar-refractivity contribution in [3.8, 4) is 0 Å². The molecule has 0 bridgehead atoms. The van der Waals surface area contributed by atoms with Gasteiger partial charge in [-0.25, -0.2) is 4.99 Å². The van der Waals surface area contributed by atoms with Crippen molar-refractivity contribution in [2.45, 2.75) is 76.5 Å². The highest BCUT2D eigenvalue weighted by Crippen LogP contribution is 2.37. The van der Waals surface area contributed by atoms with E-state index < -0.39 is 0 Å². The van der Waals surface area contributed by atoms with Crippen molar-refractivity contribution in [3.63, 3.8) is 0 Å². The van der Waals surface area contributed by atoms with E-state index >= 15 is 0 Å². The SMILES string of the molecule is CCCC[C@@H]1CCCC[C@@H]1SC1=NC(C)CC=N1. The second kappa shape index (κ2) is 7.32. The van der Waals surface area contributed by atoms with Crippen LogP contribution in [0.25, 0.3) is 0 Å². The fraction of sp³-hybridized carbons (Fsp3) is 0.867. The lowest BCUT2D eigenvalue weighted by atomic mass is 9.85. The number of rotatable bonds is 4. The quantitative estimate of drug-likeness (QED) is 0.724. The van der Waals surface area contributed by atoms with Crippen molar-refractivity contribution in [3.05, 3.63) is 0 Å². The molecule has 2 nitrogen and oxygen atoms in total. The Hall–Kier alpha value is -0.310. The van der Waals surface area contributed by atoms with Gasteiger partial charge in [-0.05, 0) is 32.1 Å². The van der Waals surface area contributed by atoms with E-state index in [0.29, 0.717) is 6.04 Å². The Labute approximate surface area is 116 Å². The van der Waals surface area contributed by atoms with Crippen molar-refractivity contribution in [1.29, 1.82) is 0 Å². The number of hydrogen-bond donors (Lipinski definition) is 0. The van der Waals surface area contributed by atoms with Crippen molar-refractivity contribution in [1.82, 2.24) is 0 Å². The molecule has 1 saturated carbocycles. The molecule has 1 aliphatic carbocycles. The van der Waals surface area contributed by atoms with Crippen LogP contribution in [0.2, 0.25) is 0 Å². The second-order valence-corrected chi connectivity index (χ2v) is 6.86. The molecule has 1 aliphatic heterocycles. The average molecular weight is 266 g/mol. The van der Waals surface area contributed by atoms with Gasteiger partial charge in [0.25, 0.3) is 0 Å². The van der Waals surface area contributed by atoms with Crippen LogP contribution in [-0.2, 0) is 0 Å². The van der Waals surface area contributed by atoms with Gasteiger partial charge < -0.3 is 0 Å². The lowest BCUT2D eigenvalue weighted by molar-refractivity contribution is 0.343. The van der Waals surface area contributed by atoms with E-state index in [2.05, 4.69) is 23.8 Å². The van der Waals surface area contributed by atoms with Crippen molar-refractivity contribution < 1.29 is 0 Å². The summed E-state index contributed by atoms with van der Waals surface area (Å²) in [5.74, 6) is 0.902. The topological polar surface area (TPSA) is 24.7 Å². The molecule has 2 rings (SSSR count). The molecule has 102 valence electrons. The Morgan fingerprint density at radius 1 is 1.33 bits per heavy atom. The monoisotopic (exact) mass is 266 g/mol. The fourth-order valence-electron chi connectivity index (χ4n) is 2.88. The highest BCUT2D eigenvalue weighted by molar-refractivity contribution is 8.14. The van der Waals surface area contributed by atoms with E-state index in [1.807, 2.05) is 18.0 Å². The largest absolute Gasteiger partial charge is 0.257 e. The Kier molecular flexibility index (Phi) is 5.74. The summed E-state index contributed by atoms with van der Waals surface area (Å²) in [7, 11) is 0. The van der Waals surface area contributed by atoms with Gasteiger partial charge in [-0.3, -0.25) is 4.99 Å². The van der Waals surface area contributed by atoms with Gasteiger partial charge in [0.15, 0.2) is 5.17 Å². The fourth-order valence-corrected chi connectivity index (χ4v) is 4.28. The van der Waals surface area contributed by atoms with Gasteiger partial charge in [0.1, 0.15) is 0 Å². The molecule has 0 spiro atoms. The molecule has 1 fully saturated rings. The van der Waals surface area contributed by atoms with Gasteiger partial charge in [0.05, 0.1) is 6.04 Å². The Morgan fingerprint density at radius 2 is 2.17 bits per heavy atom. The van der Waals surface area contributed by atoms with Crippen LogP contribution in [0.3, 0.4) is 0 Å². The summed E-state index contributed by atoms with van der Waals surface area (Å²) in [6, 6.07) is 0.433. The zero-order chi connectivity index (χ0) is 12.8. The van der Waals surface area contributed by atoms with Gasteiger partial charge in [0, 0.05) is 17.9 Å². The molecular formula is C15H26N2S. The lowest BCUT2D eigenvalue weighted by Gasteiger charge is -2.31. The van der Waals surface area contributed by atoms with E-state index in [1.165, 1.54) is 44.9 Å². The molecule has 0 saturated heterocycles. The normalized spacial score (nSPS) is 32.3. The van der Waals surface area contributed by atoms with E-state index in [4.69, 9.17) is 0 Å². The van der Waals surface area contributed by atoms with Gasteiger partial charge in [0.2, 0.25) is 0 Å². The number of unbranched alkanes of at least 4 members (excludes halogenated alkanes) is 1. The van der Waals surface area contributed by atoms with Crippen LogP contribution < -0.4 is 0 Å². The molecule has 2 aliphatic rings. The predicted octanol–water partition coefficient (Wildman–Crippen LogP) is 4.69. The minimum Gasteiger partial charge on any atom is -0.257 e. The summed E-state index contributed by atoms with van der Waals surface area (Å²) in [6.45, 7) is 4.48. The molecule has 0 amide bonds. The van der Waals surface area contributed by atoms with E-state index in [-0.39, 0.29) is 0 Å². The van der Waals surface area contributed by atoms with E-state index in [9.17, 15) is 0 Å². The standard InChI is InChI=1S/C15H26N2S/c1-3-4-7-13-8-5-6-9-14(13)18-15-16-11-10-12(2)17-15/h11-14H,3-10H2,1-2H3/t12?,13-,14+/m1/s1. The summed E-state index contributed by atoms with van der Waals surface area (Å²) in [6.07, 6.45) is 12.8. The van der Waals surface area contributed by atoms with E-state index in [0.717, 1.165) is 22.8 Å². The molecule has 0 aromatic heterocycles. The second-order valence-electron chi connectivity index (χ2n) is 5.65. The van der Waals surface area contributed by atoms with Crippen LogP contribution in [0, 0.1) is 5.92 Å². The van der Waals surface area contributed by atoms with Gasteiger partial charge >= 0.3 is 0 Å². The van der Waals surface area contributed by atoms with Crippen LogP contribution >= 0.6 is 11.8 Å². The minimum absolute atomic E-state index is 0.433. The number of hydrogen-bond acceptors (Lipinski definition) is 3. The first-order valence-corrected chi connectivity index (χ1v) is 8.44. The van der Waals surface area contributed by atoms with Crippen LogP contribution in [0.5, 0.6) is 0 Å². The Bertz CT molecular complexity index is 312. The Morgan fingerprint density at radius 3 is 2.94 bits per heavy atom. The lowest BCUT2D eigenvalue weighted by Crippen LogP contribution is -2.24. The molecule has 3 atom stereocenters. The number of thioether (sulfide) groups is 1. The summed E-state index contributed by atoms with van der Waals surface area (Å²) >= 11 is 1.96. The molecule has 18 heavy (non-hydrogen) atoms. The molecule has 3 heteroatoms. The third kappa shape index (κ3) is 4.11. The maximum atomic E-state index is 4.67. The molecule has 0 N–H and O–H groups in total. The predicted molar refractivity (Wildman–Crippen MR) is 82.9 cm³/mol. The molecule has 1 unspecified atom stereocenters. The Balaban J connectivity index is 1.90. The van der Waals surface area contributed by atoms with Gasteiger partial charge in [-0.15, -0.1) is 0 Å². The zero-order valence-electron chi connectivity index (χ0n) is 11.8. The average Bonchev–Trinajstić information content (AvgIpc) is 2.38. The van der Waals surface area contributed by atoms with Crippen LogP contribution in [-0.4, -0.2) is 22.7 Å². The first kappa shape index (κ1) is 14.1. The van der Waals surface area contributed by atoms with Gasteiger partial charge in [-0.2, -0.15) is 0 Å². The van der Waals surface area contributed by atoms with Crippen LogP contribution in [0.15, 0.2) is 9.98 Å². The molecule has 1 heterocycles. The van der Waals surface area contributed by atoms with Crippen LogP contribution in [0.1, 0.15) is 65.2 Å². The maximum Gasteiger partial charge on any atom is 0.183 e. The van der Waals surface area contributed by atoms with Crippen molar-refractivity contribution in [2.75, 3.05) is 0 Å². The maximum absolute atomic E-state index is 4.67. The third-order valence-corrected chi connectivity index (χ3v) is 5.35. The summed E-state index contributed by atoms with van der Waals surface area (Å²) in [4.78, 5) is 9.15. The minimum atomic E-state index is 0.433. The van der Waals surface area contributed by atoms with Gasteiger partial charge in [-0.1, -0.05) is 44.4 Å². The molecule has 0 radical (unpaired) electrons. The molecule has 0 aromatic rings. The first-order valence-electron chi connectivity index (χ1n) is 7.56. The molecule has 0 aromatic carbocycles. The van der Waals surface area contributed by atoms with Crippen molar-refractivity contribution >= 4 is 23.1 Å². The summed E-state index contributed by atoms with van der Waals surface area (Å²) in [5, 5.41) is 1.81. The third-order valence-electron chi connectivity index (χ3n) is 4.00. The number of amidine groups is 1. The first-order chi connectivity index (χ1) is 8.79. The number of aliphatic imine (C=N–C) groups is 2. The van der Waals surface area contributed by atoms with Crippen LogP contribution in [0.4, 0.5) is 0 Å². The highest BCUT2D eigenvalue weighted by Gasteiger charge is 2.27. The van der Waals surface area contributed by atoms with E-state index in [1.54, 1.807) is 0 Å². The summed E-state index contributed by atoms with van der Waals surface area (Å²) in [5.41, 5.74) is 0. The summed E-state index contributed by atoms with van der Waals surface area (Å²) < 4.78 is 0. The zero-order valence-corrected chi connectivity index (χ0v) is 12.6. The molecular weight excluding hydrogens is 240 g/mol. The van der Waals surface area contributed by atoms with Crippen molar-refractivity contribution in [2.24, 2.45) is 15.9 Å². The smallest absolute Gasteiger partial charge is 0.183 e. The number of nitrogens with zero attached hydrogens (tertiary/aromatic N) is 2.